The molecule has 1 fully saturated rings. The predicted octanol–water partition coefficient (Wildman–Crippen LogP) is 0.00380. The van der Waals surface area contributed by atoms with Gasteiger partial charge in [-0.1, -0.05) is 13.8 Å². The second-order valence-electron chi connectivity index (χ2n) is 7.47. The van der Waals surface area contributed by atoms with Crippen molar-refractivity contribution in [1.29, 1.82) is 0 Å². The van der Waals surface area contributed by atoms with Gasteiger partial charge in [0.2, 0.25) is 17.7 Å². The molecule has 170 valence electrons. The van der Waals surface area contributed by atoms with Gasteiger partial charge in [0.05, 0.1) is 19.3 Å². The van der Waals surface area contributed by atoms with Gasteiger partial charge in [-0.2, -0.15) is 11.8 Å². The SMILES string of the molecule is COC(=O)[C@H](NC(=O)[C@@H]1C[C@@H](NC(=O)CSC)CCN1C(=O)CCC(=O)O)C(C)C. The Morgan fingerprint density at radius 3 is 2.40 bits per heavy atom. The van der Waals surface area contributed by atoms with Crippen molar-refractivity contribution in [2.75, 3.05) is 25.7 Å². The molecule has 0 aromatic carbocycles. The second kappa shape index (κ2) is 12.4. The molecule has 11 heteroatoms. The van der Waals surface area contributed by atoms with Crippen LogP contribution in [0.25, 0.3) is 0 Å². The number of nitrogens with zero attached hydrogens (tertiary/aromatic N) is 1. The minimum atomic E-state index is -1.10. The maximum Gasteiger partial charge on any atom is 0.328 e. The molecule has 1 heterocycles. The fourth-order valence-corrected chi connectivity index (χ4v) is 3.62. The summed E-state index contributed by atoms with van der Waals surface area (Å²) in [5, 5.41) is 14.4. The Bertz CT molecular complexity index is 656. The molecular formula is C19H31N3O7S. The van der Waals surface area contributed by atoms with E-state index in [0.717, 1.165) is 0 Å². The largest absolute Gasteiger partial charge is 0.481 e. The predicted molar refractivity (Wildman–Crippen MR) is 111 cm³/mol. The zero-order valence-corrected chi connectivity index (χ0v) is 18.6. The van der Waals surface area contributed by atoms with E-state index < -0.39 is 35.8 Å². The topological polar surface area (TPSA) is 142 Å². The summed E-state index contributed by atoms with van der Waals surface area (Å²) >= 11 is 1.37. The van der Waals surface area contributed by atoms with Crippen LogP contribution in [0.15, 0.2) is 0 Å². The quantitative estimate of drug-likeness (QED) is 0.399. The van der Waals surface area contributed by atoms with E-state index in [0.29, 0.717) is 6.42 Å². The van der Waals surface area contributed by atoms with Crippen molar-refractivity contribution in [3.63, 3.8) is 0 Å². The third kappa shape index (κ3) is 7.85. The summed E-state index contributed by atoms with van der Waals surface area (Å²) < 4.78 is 4.74. The van der Waals surface area contributed by atoms with Crippen molar-refractivity contribution in [3.05, 3.63) is 0 Å². The minimum absolute atomic E-state index is 0.160. The molecule has 0 aliphatic carbocycles. The number of carboxylic acid groups (broad SMARTS) is 1. The average Bonchev–Trinajstić information content (AvgIpc) is 2.69. The number of likely N-dealkylation sites (tertiary alicyclic amines) is 1. The van der Waals surface area contributed by atoms with Gasteiger partial charge in [0, 0.05) is 19.0 Å². The van der Waals surface area contributed by atoms with Gasteiger partial charge >= 0.3 is 11.9 Å². The molecule has 0 bridgehead atoms. The number of nitrogens with one attached hydrogen (secondary N) is 2. The molecule has 0 saturated carbocycles. The number of carbonyl (C=O) groups excluding carboxylic acids is 4. The van der Waals surface area contributed by atoms with Gasteiger partial charge < -0.3 is 25.4 Å². The number of esters is 1. The van der Waals surface area contributed by atoms with E-state index in [1.54, 1.807) is 20.1 Å². The first kappa shape index (κ1) is 25.7. The van der Waals surface area contributed by atoms with Crippen molar-refractivity contribution >= 4 is 41.4 Å². The highest BCUT2D eigenvalue weighted by Crippen LogP contribution is 2.20. The highest BCUT2D eigenvalue weighted by Gasteiger charge is 2.38. The van der Waals surface area contributed by atoms with Crippen LogP contribution < -0.4 is 10.6 Å². The van der Waals surface area contributed by atoms with Gasteiger partial charge in [-0.05, 0) is 25.0 Å². The molecule has 3 N–H and O–H groups in total. The van der Waals surface area contributed by atoms with Gasteiger partial charge in [-0.15, -0.1) is 0 Å². The highest BCUT2D eigenvalue weighted by atomic mass is 32.2. The van der Waals surface area contributed by atoms with Crippen LogP contribution in [0.5, 0.6) is 0 Å². The van der Waals surface area contributed by atoms with Gasteiger partial charge in [0.1, 0.15) is 12.1 Å². The molecule has 3 atom stereocenters. The van der Waals surface area contributed by atoms with Crippen LogP contribution in [-0.4, -0.2) is 83.5 Å². The van der Waals surface area contributed by atoms with Crippen LogP contribution in [0.3, 0.4) is 0 Å². The maximum atomic E-state index is 13.0. The first-order valence-corrected chi connectivity index (χ1v) is 11.2. The van der Waals surface area contributed by atoms with Crippen LogP contribution in [-0.2, 0) is 28.7 Å². The second-order valence-corrected chi connectivity index (χ2v) is 8.34. The zero-order valence-electron chi connectivity index (χ0n) is 17.8. The molecule has 1 rings (SSSR count). The fourth-order valence-electron chi connectivity index (χ4n) is 3.28. The molecule has 1 aliphatic heterocycles. The molecule has 0 unspecified atom stereocenters. The van der Waals surface area contributed by atoms with E-state index in [-0.39, 0.29) is 49.4 Å². The van der Waals surface area contributed by atoms with Gasteiger partial charge in [0.25, 0.3) is 0 Å². The summed E-state index contributed by atoms with van der Waals surface area (Å²) in [7, 11) is 1.23. The summed E-state index contributed by atoms with van der Waals surface area (Å²) in [6, 6.07) is -2.12. The van der Waals surface area contributed by atoms with Crippen LogP contribution >= 0.6 is 11.8 Å². The third-order valence-electron chi connectivity index (χ3n) is 4.84. The lowest BCUT2D eigenvalue weighted by Crippen LogP contribution is -2.59. The first-order valence-electron chi connectivity index (χ1n) is 9.78. The van der Waals surface area contributed by atoms with Gasteiger partial charge in [0.15, 0.2) is 0 Å². The third-order valence-corrected chi connectivity index (χ3v) is 5.39. The summed E-state index contributed by atoms with van der Waals surface area (Å²) in [6.45, 7) is 3.71. The lowest BCUT2D eigenvalue weighted by molar-refractivity contribution is -0.149. The molecule has 0 radical (unpaired) electrons. The summed E-state index contributed by atoms with van der Waals surface area (Å²) in [6.07, 6.45) is 1.87. The lowest BCUT2D eigenvalue weighted by atomic mass is 9.94. The number of methoxy groups -OCH3 is 1. The van der Waals surface area contributed by atoms with E-state index in [2.05, 4.69) is 10.6 Å². The summed E-state index contributed by atoms with van der Waals surface area (Å²) in [5.41, 5.74) is 0. The Hall–Kier alpha value is -2.30. The first-order chi connectivity index (χ1) is 14.1. The molecule has 0 aromatic heterocycles. The Balaban J connectivity index is 2.98. The lowest BCUT2D eigenvalue weighted by Gasteiger charge is -2.39. The number of carboxylic acids is 1. The smallest absolute Gasteiger partial charge is 0.328 e. The van der Waals surface area contributed by atoms with E-state index in [1.807, 2.05) is 0 Å². The Morgan fingerprint density at radius 1 is 1.20 bits per heavy atom. The van der Waals surface area contributed by atoms with Crippen molar-refractivity contribution in [3.8, 4) is 0 Å². The zero-order chi connectivity index (χ0) is 22.8. The molecule has 30 heavy (non-hydrogen) atoms. The van der Waals surface area contributed by atoms with Crippen molar-refractivity contribution in [2.45, 2.75) is 57.7 Å². The Kier molecular flexibility index (Phi) is 10.6. The molecule has 10 nitrogen and oxygen atoms in total. The number of piperidine rings is 1. The standard InChI is InChI=1S/C19H31N3O7S/c1-11(2)17(19(28)29-3)21-18(27)13-9-12(20-14(23)10-30-4)7-8-22(13)15(24)5-6-16(25)26/h11-13,17H,5-10H2,1-4H3,(H,20,23)(H,21,27)(H,25,26)/t12-,13-,17+/m0/s1. The van der Waals surface area contributed by atoms with Crippen molar-refractivity contribution < 1.29 is 33.8 Å². The monoisotopic (exact) mass is 445 g/mol. The number of hydrogen-bond donors (Lipinski definition) is 3. The van der Waals surface area contributed by atoms with E-state index in [4.69, 9.17) is 9.84 Å². The average molecular weight is 446 g/mol. The number of hydrogen-bond acceptors (Lipinski definition) is 7. The fraction of sp³-hybridized carbons (Fsp3) is 0.737. The number of amides is 3. The molecule has 0 aromatic rings. The van der Waals surface area contributed by atoms with Crippen molar-refractivity contribution in [1.82, 2.24) is 15.5 Å². The van der Waals surface area contributed by atoms with Crippen LogP contribution in [0.4, 0.5) is 0 Å². The van der Waals surface area contributed by atoms with Crippen LogP contribution in [0.1, 0.15) is 39.5 Å². The molecule has 3 amide bonds. The van der Waals surface area contributed by atoms with E-state index >= 15 is 0 Å². The maximum absolute atomic E-state index is 13.0. The summed E-state index contributed by atoms with van der Waals surface area (Å²) in [4.78, 5) is 61.6. The van der Waals surface area contributed by atoms with E-state index in [1.165, 1.54) is 23.8 Å². The Labute approximate surface area is 180 Å². The summed E-state index contributed by atoms with van der Waals surface area (Å²) in [5.74, 6) is -2.80. The van der Waals surface area contributed by atoms with Crippen molar-refractivity contribution in [2.24, 2.45) is 5.92 Å². The van der Waals surface area contributed by atoms with Crippen LogP contribution in [0.2, 0.25) is 0 Å². The van der Waals surface area contributed by atoms with E-state index in [9.17, 15) is 24.0 Å². The van der Waals surface area contributed by atoms with Gasteiger partial charge in [-0.25, -0.2) is 4.79 Å². The highest BCUT2D eigenvalue weighted by molar-refractivity contribution is 7.99. The Morgan fingerprint density at radius 2 is 1.87 bits per heavy atom. The number of rotatable bonds is 10. The van der Waals surface area contributed by atoms with Gasteiger partial charge in [-0.3, -0.25) is 19.2 Å². The van der Waals surface area contributed by atoms with Crippen LogP contribution in [0, 0.1) is 5.92 Å². The molecule has 0 spiro atoms. The number of carbonyl (C=O) groups is 5. The number of ether oxygens (including phenoxy) is 1. The normalized spacial score (nSPS) is 19.7. The number of aliphatic carboxylic acids is 1. The minimum Gasteiger partial charge on any atom is -0.481 e. The molecular weight excluding hydrogens is 414 g/mol. The number of thioether (sulfide) groups is 1. The molecule has 1 aliphatic rings. The molecule has 1 saturated heterocycles.